The Morgan fingerprint density at radius 3 is 1.67 bits per heavy atom. The molecule has 15 heteroatoms. The molecule has 4 heterocycles. The van der Waals surface area contributed by atoms with Gasteiger partial charge in [-0.15, -0.1) is 0 Å². The van der Waals surface area contributed by atoms with Crippen LogP contribution in [-0.4, -0.2) is 80.3 Å². The van der Waals surface area contributed by atoms with Crippen molar-refractivity contribution in [1.29, 1.82) is 0 Å². The van der Waals surface area contributed by atoms with Crippen LogP contribution in [0.25, 0.3) is 21.9 Å². The average molecular weight is 808 g/mol. The number of carbonyl (C=O) groups excluding carboxylic acids is 2. The minimum absolute atomic E-state index is 0.0120. The van der Waals surface area contributed by atoms with Crippen molar-refractivity contribution in [3.8, 4) is 11.5 Å². The Balaban J connectivity index is 0.927. The maximum Gasteiger partial charge on any atom is 0.360 e. The number of nitrogens with one attached hydrogen (secondary N) is 1. The normalized spacial score (nSPS) is 26.7. The number of rotatable bonds is 14. The fraction of sp³-hybridized carbons (Fsp3) is 0.535. The smallest absolute Gasteiger partial charge is 0.360 e. The molecule has 2 aliphatic heterocycles. The van der Waals surface area contributed by atoms with Gasteiger partial charge in [0.15, 0.2) is 0 Å². The van der Waals surface area contributed by atoms with Crippen LogP contribution in [0.4, 0.5) is 5.69 Å². The number of hydrogen-bond acceptors (Lipinski definition) is 14. The van der Waals surface area contributed by atoms with Crippen molar-refractivity contribution >= 4 is 39.3 Å². The number of anilines is 1. The van der Waals surface area contributed by atoms with Gasteiger partial charge in [0.25, 0.3) is 0 Å². The monoisotopic (exact) mass is 807 g/mol. The largest absolute Gasteiger partial charge is 0.462 e. The molecule has 2 unspecified atom stereocenters. The van der Waals surface area contributed by atoms with E-state index < -0.39 is 59.4 Å². The number of hydrogen-bond donors (Lipinski definition) is 5. The van der Waals surface area contributed by atoms with Gasteiger partial charge in [-0.3, -0.25) is 9.59 Å². The summed E-state index contributed by atoms with van der Waals surface area (Å²) >= 11 is 0. The topological polar surface area (TPSA) is 224 Å². The standard InChI is InChI=1S/C43H53NO14/c1-22-34(47)36(49)40(57-42(22,3)4)53-28-15-13-24-17-26(38(51)55-31(24)20-28)18-27(45)11-9-7-8-10-12-33(46)44-30-19-25-14-16-29(21-32(25)56-39(30)52)54-41-37(50)35(48)23(2)43(5,6)58-41/h13-17,19-23,34-37,40-41,47-50H,7-12,18H2,1-6H3,(H,44,46)/t22-,23-,34+,35+,36?,37?,40-,41-/m1/s1. The number of carbonyl (C=O) groups is 2. The highest BCUT2D eigenvalue weighted by Gasteiger charge is 2.49. The minimum Gasteiger partial charge on any atom is -0.462 e. The van der Waals surface area contributed by atoms with Crippen LogP contribution >= 0.6 is 0 Å². The molecule has 0 radical (unpaired) electrons. The average Bonchev–Trinajstić information content (AvgIpc) is 3.16. The van der Waals surface area contributed by atoms with Gasteiger partial charge < -0.3 is 53.5 Å². The maximum atomic E-state index is 12.8. The van der Waals surface area contributed by atoms with Crippen molar-refractivity contribution < 1.29 is 57.8 Å². The van der Waals surface area contributed by atoms with Gasteiger partial charge in [-0.05, 0) is 76.9 Å². The number of Topliss-reactive ketones (excluding diaryl/α,β-unsaturated/α-hetero) is 1. The molecule has 0 spiro atoms. The summed E-state index contributed by atoms with van der Waals surface area (Å²) in [5.74, 6) is -0.619. The first kappa shape index (κ1) is 43.0. The molecule has 58 heavy (non-hydrogen) atoms. The van der Waals surface area contributed by atoms with Gasteiger partial charge in [-0.1, -0.05) is 26.7 Å². The number of aliphatic hydroxyl groups is 4. The summed E-state index contributed by atoms with van der Waals surface area (Å²) < 4.78 is 34.4. The molecule has 4 aromatic rings. The lowest BCUT2D eigenvalue weighted by molar-refractivity contribution is -0.285. The molecule has 2 aliphatic rings. The number of unbranched alkanes of at least 4 members (excludes halogenated alkanes) is 3. The van der Waals surface area contributed by atoms with Crippen LogP contribution < -0.4 is 26.0 Å². The third-order valence-electron chi connectivity index (χ3n) is 11.6. The molecule has 1 amide bonds. The molecule has 6 rings (SSSR count). The highest BCUT2D eigenvalue weighted by Crippen LogP contribution is 2.37. The number of amides is 1. The predicted molar refractivity (Wildman–Crippen MR) is 212 cm³/mol. The van der Waals surface area contributed by atoms with Crippen molar-refractivity contribution in [3.05, 3.63) is 74.9 Å². The summed E-state index contributed by atoms with van der Waals surface area (Å²) in [7, 11) is 0. The van der Waals surface area contributed by atoms with E-state index in [0.717, 1.165) is 0 Å². The second-order valence-corrected chi connectivity index (χ2v) is 16.5. The van der Waals surface area contributed by atoms with Gasteiger partial charge in [0.1, 0.15) is 46.3 Å². The first-order valence-electron chi connectivity index (χ1n) is 19.7. The highest BCUT2D eigenvalue weighted by molar-refractivity contribution is 5.92. The van der Waals surface area contributed by atoms with E-state index in [-0.39, 0.29) is 76.7 Å². The molecule has 2 aromatic heterocycles. The zero-order chi connectivity index (χ0) is 42.1. The molecule has 5 N–H and O–H groups in total. The number of ether oxygens (including phenoxy) is 4. The molecular formula is C43H53NO14. The molecule has 8 atom stereocenters. The lowest BCUT2D eigenvalue weighted by atomic mass is 9.82. The second-order valence-electron chi connectivity index (χ2n) is 16.5. The number of benzene rings is 2. The minimum atomic E-state index is -1.29. The van der Waals surface area contributed by atoms with E-state index in [1.165, 1.54) is 18.2 Å². The van der Waals surface area contributed by atoms with Gasteiger partial charge in [0.05, 0.1) is 23.4 Å². The predicted octanol–water partition coefficient (Wildman–Crippen LogP) is 4.73. The summed E-state index contributed by atoms with van der Waals surface area (Å²) in [5, 5.41) is 45.6. The summed E-state index contributed by atoms with van der Waals surface area (Å²) in [4.78, 5) is 50.9. The van der Waals surface area contributed by atoms with Crippen LogP contribution in [0.15, 0.2) is 67.0 Å². The molecule has 0 bridgehead atoms. The molecule has 2 aromatic carbocycles. The molecule has 2 fully saturated rings. The first-order valence-corrected chi connectivity index (χ1v) is 19.7. The van der Waals surface area contributed by atoms with Crippen LogP contribution in [0.3, 0.4) is 0 Å². The molecule has 0 aliphatic carbocycles. The number of ketones is 1. The third kappa shape index (κ3) is 9.62. The Kier molecular flexibility index (Phi) is 12.8. The Morgan fingerprint density at radius 1 is 0.655 bits per heavy atom. The SMILES string of the molecule is C[C@@H]1[C@H](O)C(O)[C@H](Oc2ccc3cc(CC(=O)CCCCCCC(=O)Nc4cc5ccc(O[C@@H]6OC(C)(C)[C@H](C)[C@H](O)C6O)cc5oc4=O)c(=O)oc3c2)OC1(C)C. The van der Waals surface area contributed by atoms with E-state index in [1.54, 1.807) is 71.9 Å². The molecule has 2 saturated heterocycles. The van der Waals surface area contributed by atoms with Crippen LogP contribution in [0.5, 0.6) is 11.5 Å². The Morgan fingerprint density at radius 2 is 1.14 bits per heavy atom. The summed E-state index contributed by atoms with van der Waals surface area (Å²) in [6.07, 6.45) is -4.18. The highest BCUT2D eigenvalue weighted by atomic mass is 16.7. The van der Waals surface area contributed by atoms with Crippen molar-refractivity contribution in [1.82, 2.24) is 0 Å². The summed E-state index contributed by atoms with van der Waals surface area (Å²) in [5.41, 5.74) is -2.25. The first-order chi connectivity index (χ1) is 27.3. The fourth-order valence-electron chi connectivity index (χ4n) is 7.20. The van der Waals surface area contributed by atoms with Crippen LogP contribution in [-0.2, 0) is 25.5 Å². The van der Waals surface area contributed by atoms with E-state index >= 15 is 0 Å². The molecule has 314 valence electrons. The van der Waals surface area contributed by atoms with Gasteiger partial charge in [-0.2, -0.15) is 0 Å². The lowest BCUT2D eigenvalue weighted by Gasteiger charge is -2.46. The van der Waals surface area contributed by atoms with Crippen molar-refractivity contribution in [2.75, 3.05) is 5.32 Å². The zero-order valence-electron chi connectivity index (χ0n) is 33.6. The Labute approximate surface area is 334 Å². The van der Waals surface area contributed by atoms with E-state index in [2.05, 4.69) is 5.32 Å². The van der Waals surface area contributed by atoms with E-state index in [1.807, 2.05) is 0 Å². The summed E-state index contributed by atoms with van der Waals surface area (Å²) in [6, 6.07) is 12.6. The quantitative estimate of drug-likeness (QED) is 0.0858. The van der Waals surface area contributed by atoms with Crippen molar-refractivity contribution in [2.24, 2.45) is 11.8 Å². The second kappa shape index (κ2) is 17.3. The Bertz CT molecular complexity index is 2090. The summed E-state index contributed by atoms with van der Waals surface area (Å²) in [6.45, 7) is 10.8. The van der Waals surface area contributed by atoms with E-state index in [4.69, 9.17) is 27.8 Å². The fourth-order valence-corrected chi connectivity index (χ4v) is 7.20. The van der Waals surface area contributed by atoms with Crippen LogP contribution in [0.2, 0.25) is 0 Å². The van der Waals surface area contributed by atoms with Gasteiger partial charge in [-0.25, -0.2) is 9.59 Å². The molecular weight excluding hydrogens is 754 g/mol. The third-order valence-corrected chi connectivity index (χ3v) is 11.6. The van der Waals surface area contributed by atoms with Crippen molar-refractivity contribution in [3.63, 3.8) is 0 Å². The van der Waals surface area contributed by atoms with Crippen LogP contribution in [0.1, 0.15) is 85.6 Å². The number of fused-ring (bicyclic) bond motifs is 2. The van der Waals surface area contributed by atoms with Crippen molar-refractivity contribution in [2.45, 2.75) is 135 Å². The molecule has 15 nitrogen and oxygen atoms in total. The lowest BCUT2D eigenvalue weighted by Crippen LogP contribution is -2.59. The van der Waals surface area contributed by atoms with Gasteiger partial charge in [0, 0.05) is 59.6 Å². The van der Waals surface area contributed by atoms with Crippen LogP contribution in [0, 0.1) is 11.8 Å². The van der Waals surface area contributed by atoms with Gasteiger partial charge >= 0.3 is 11.3 Å². The zero-order valence-corrected chi connectivity index (χ0v) is 33.6. The van der Waals surface area contributed by atoms with E-state index in [0.29, 0.717) is 36.5 Å². The maximum absolute atomic E-state index is 12.8. The van der Waals surface area contributed by atoms with Gasteiger partial charge in [0.2, 0.25) is 18.5 Å². The van der Waals surface area contributed by atoms with E-state index in [9.17, 15) is 39.6 Å². The number of aliphatic hydroxyl groups excluding tert-OH is 4. The Hall–Kier alpha value is -4.64. The molecule has 0 saturated carbocycles.